The normalized spacial score (nSPS) is 26.0. The Kier molecular flexibility index (Phi) is 3.89. The Bertz CT molecular complexity index is 875. The number of rotatable bonds is 3. The number of carbonyl (C=O) groups excluding carboxylic acids is 1. The SMILES string of the molecule is CN1C[C@H](COC(=O)C2CCCC2)C=C2c3cccc4[nH]cc(c34)C[C@H]21. The summed E-state index contributed by atoms with van der Waals surface area (Å²) >= 11 is 0. The number of fused-ring (bicyclic) bond motifs is 2. The molecular formula is C22H26N2O2. The molecule has 0 bridgehead atoms. The molecule has 4 nitrogen and oxygen atoms in total. The predicted octanol–water partition coefficient (Wildman–Crippen LogP) is 3.77. The van der Waals surface area contributed by atoms with Crippen LogP contribution in [0.2, 0.25) is 0 Å². The molecule has 5 rings (SSSR count). The Labute approximate surface area is 154 Å². The van der Waals surface area contributed by atoms with Gasteiger partial charge in [-0.3, -0.25) is 9.69 Å². The maximum Gasteiger partial charge on any atom is 0.308 e. The minimum absolute atomic E-state index is 0.0179. The minimum atomic E-state index is 0.0179. The summed E-state index contributed by atoms with van der Waals surface area (Å²) in [5.41, 5.74) is 5.37. The van der Waals surface area contributed by atoms with Crippen molar-refractivity contribution in [2.45, 2.75) is 38.1 Å². The summed E-state index contributed by atoms with van der Waals surface area (Å²) in [6.45, 7) is 1.45. The number of aromatic nitrogens is 1. The first-order valence-corrected chi connectivity index (χ1v) is 9.88. The largest absolute Gasteiger partial charge is 0.465 e. The second-order valence-electron chi connectivity index (χ2n) is 8.20. The first kappa shape index (κ1) is 16.1. The smallest absolute Gasteiger partial charge is 0.308 e. The van der Waals surface area contributed by atoms with Crippen LogP contribution in [0.4, 0.5) is 0 Å². The van der Waals surface area contributed by atoms with Gasteiger partial charge in [0.15, 0.2) is 0 Å². The number of hydrogen-bond donors (Lipinski definition) is 1. The van der Waals surface area contributed by atoms with E-state index in [2.05, 4.69) is 47.4 Å². The van der Waals surface area contributed by atoms with Gasteiger partial charge < -0.3 is 9.72 Å². The quantitative estimate of drug-likeness (QED) is 0.857. The zero-order chi connectivity index (χ0) is 17.7. The summed E-state index contributed by atoms with van der Waals surface area (Å²) in [5, 5.41) is 1.37. The molecule has 26 heavy (non-hydrogen) atoms. The number of nitrogens with one attached hydrogen (secondary N) is 1. The van der Waals surface area contributed by atoms with Crippen molar-refractivity contribution in [2.75, 3.05) is 20.2 Å². The highest BCUT2D eigenvalue weighted by molar-refractivity contribution is 5.98. The lowest BCUT2D eigenvalue weighted by Gasteiger charge is -2.39. The lowest BCUT2D eigenvalue weighted by atomic mass is 9.80. The van der Waals surface area contributed by atoms with Gasteiger partial charge in [0.25, 0.3) is 0 Å². The van der Waals surface area contributed by atoms with Gasteiger partial charge in [-0.1, -0.05) is 31.1 Å². The van der Waals surface area contributed by atoms with Crippen molar-refractivity contribution in [2.24, 2.45) is 11.8 Å². The van der Waals surface area contributed by atoms with Crippen LogP contribution in [-0.4, -0.2) is 42.1 Å². The molecule has 1 aromatic heterocycles. The Morgan fingerprint density at radius 3 is 3.00 bits per heavy atom. The second kappa shape index (κ2) is 6.27. The zero-order valence-electron chi connectivity index (χ0n) is 15.3. The average Bonchev–Trinajstić information content (AvgIpc) is 3.32. The lowest BCUT2D eigenvalue weighted by molar-refractivity contribution is -0.149. The molecule has 0 amide bonds. The second-order valence-corrected chi connectivity index (χ2v) is 8.20. The van der Waals surface area contributed by atoms with Gasteiger partial charge in [0.05, 0.1) is 12.5 Å². The van der Waals surface area contributed by atoms with Crippen molar-refractivity contribution in [3.05, 3.63) is 41.6 Å². The molecular weight excluding hydrogens is 324 g/mol. The molecule has 136 valence electrons. The Morgan fingerprint density at radius 1 is 1.31 bits per heavy atom. The molecule has 1 fully saturated rings. The summed E-state index contributed by atoms with van der Waals surface area (Å²) in [4.78, 5) is 18.1. The van der Waals surface area contributed by atoms with Crippen molar-refractivity contribution in [3.63, 3.8) is 0 Å². The number of esters is 1. The third kappa shape index (κ3) is 2.59. The summed E-state index contributed by atoms with van der Waals surface area (Å²) in [6, 6.07) is 6.94. The van der Waals surface area contributed by atoms with E-state index in [1.54, 1.807) is 0 Å². The Hall–Kier alpha value is -2.07. The third-order valence-corrected chi connectivity index (χ3v) is 6.47. The third-order valence-electron chi connectivity index (χ3n) is 6.47. The lowest BCUT2D eigenvalue weighted by Crippen LogP contribution is -2.43. The van der Waals surface area contributed by atoms with E-state index in [0.29, 0.717) is 12.6 Å². The monoisotopic (exact) mass is 350 g/mol. The van der Waals surface area contributed by atoms with E-state index in [1.165, 1.54) is 40.4 Å². The van der Waals surface area contributed by atoms with Crippen LogP contribution in [0.1, 0.15) is 36.8 Å². The van der Waals surface area contributed by atoms with Crippen molar-refractivity contribution < 1.29 is 9.53 Å². The maximum atomic E-state index is 12.3. The molecule has 0 saturated heterocycles. The number of H-pyrrole nitrogens is 1. The van der Waals surface area contributed by atoms with Crippen LogP contribution in [0.5, 0.6) is 0 Å². The van der Waals surface area contributed by atoms with Gasteiger partial charge in [0.2, 0.25) is 0 Å². The van der Waals surface area contributed by atoms with E-state index in [9.17, 15) is 4.79 Å². The molecule has 4 heteroatoms. The van der Waals surface area contributed by atoms with Crippen LogP contribution < -0.4 is 0 Å². The maximum absolute atomic E-state index is 12.3. The summed E-state index contributed by atoms with van der Waals surface area (Å²) in [6.07, 6.45) is 9.93. The number of nitrogens with zero attached hydrogens (tertiary/aromatic N) is 1. The highest BCUT2D eigenvalue weighted by Crippen LogP contribution is 2.40. The Morgan fingerprint density at radius 2 is 2.15 bits per heavy atom. The van der Waals surface area contributed by atoms with E-state index in [4.69, 9.17) is 4.74 Å². The van der Waals surface area contributed by atoms with Gasteiger partial charge >= 0.3 is 5.97 Å². The molecule has 1 N–H and O–H groups in total. The Balaban J connectivity index is 1.40. The van der Waals surface area contributed by atoms with Gasteiger partial charge in [-0.25, -0.2) is 0 Å². The molecule has 2 aliphatic carbocycles. The number of likely N-dealkylation sites (N-methyl/N-ethyl adjacent to an activating group) is 1. The average molecular weight is 350 g/mol. The highest BCUT2D eigenvalue weighted by atomic mass is 16.5. The van der Waals surface area contributed by atoms with Gasteiger partial charge in [-0.05, 0) is 49.1 Å². The van der Waals surface area contributed by atoms with Gasteiger partial charge in [0.1, 0.15) is 0 Å². The van der Waals surface area contributed by atoms with Crippen LogP contribution in [0.25, 0.3) is 16.5 Å². The molecule has 0 radical (unpaired) electrons. The number of hydrogen-bond acceptors (Lipinski definition) is 3. The molecule has 0 spiro atoms. The van der Waals surface area contributed by atoms with E-state index >= 15 is 0 Å². The first-order chi connectivity index (χ1) is 12.7. The van der Waals surface area contributed by atoms with Crippen molar-refractivity contribution in [3.8, 4) is 0 Å². The molecule has 0 unspecified atom stereocenters. The number of benzene rings is 1. The number of aromatic amines is 1. The molecule has 1 aromatic carbocycles. The fraction of sp³-hybridized carbons (Fsp3) is 0.500. The minimum Gasteiger partial charge on any atom is -0.465 e. The van der Waals surface area contributed by atoms with Gasteiger partial charge in [0, 0.05) is 35.6 Å². The molecule has 2 atom stereocenters. The highest BCUT2D eigenvalue weighted by Gasteiger charge is 2.34. The van der Waals surface area contributed by atoms with Crippen molar-refractivity contribution in [1.82, 2.24) is 9.88 Å². The van der Waals surface area contributed by atoms with Gasteiger partial charge in [-0.15, -0.1) is 0 Å². The molecule has 3 aliphatic rings. The van der Waals surface area contributed by atoms with Crippen LogP contribution in [0.15, 0.2) is 30.5 Å². The fourth-order valence-corrected chi connectivity index (χ4v) is 5.12. The van der Waals surface area contributed by atoms with Crippen LogP contribution in [0.3, 0.4) is 0 Å². The van der Waals surface area contributed by atoms with E-state index in [1.807, 2.05) is 0 Å². The molecule has 2 aromatic rings. The van der Waals surface area contributed by atoms with Crippen molar-refractivity contribution >= 4 is 22.4 Å². The summed E-state index contributed by atoms with van der Waals surface area (Å²) in [7, 11) is 2.20. The first-order valence-electron chi connectivity index (χ1n) is 9.88. The van der Waals surface area contributed by atoms with Crippen LogP contribution in [0, 0.1) is 11.8 Å². The summed E-state index contributed by atoms with van der Waals surface area (Å²) in [5.74, 6) is 0.430. The van der Waals surface area contributed by atoms with E-state index < -0.39 is 0 Å². The van der Waals surface area contributed by atoms with E-state index in [0.717, 1.165) is 25.8 Å². The fourth-order valence-electron chi connectivity index (χ4n) is 5.12. The van der Waals surface area contributed by atoms with E-state index in [-0.39, 0.29) is 17.8 Å². The van der Waals surface area contributed by atoms with Crippen molar-refractivity contribution in [1.29, 1.82) is 0 Å². The number of carbonyl (C=O) groups is 1. The predicted molar refractivity (Wildman–Crippen MR) is 103 cm³/mol. The molecule has 1 saturated carbocycles. The van der Waals surface area contributed by atoms with Gasteiger partial charge in [-0.2, -0.15) is 0 Å². The topological polar surface area (TPSA) is 45.3 Å². The zero-order valence-corrected chi connectivity index (χ0v) is 15.3. The molecule has 1 aliphatic heterocycles. The summed E-state index contributed by atoms with van der Waals surface area (Å²) < 4.78 is 5.70. The number of ether oxygens (including phenoxy) is 1. The van der Waals surface area contributed by atoms with Crippen LogP contribution in [-0.2, 0) is 16.0 Å². The van der Waals surface area contributed by atoms with Crippen LogP contribution >= 0.6 is 0 Å². The standard InChI is InChI=1S/C22H26N2O2/c1-24-12-14(13-26-22(25)15-5-2-3-6-15)9-18-17-7-4-8-19-21(17)16(11-23-19)10-20(18)24/h4,7-9,11,14-15,20,23H,2-3,5-6,10,12-13H2,1H3/t14-,20-/m1/s1. The molecule has 2 heterocycles.